The zero-order valence-electron chi connectivity index (χ0n) is 24.2. The van der Waals surface area contributed by atoms with Gasteiger partial charge < -0.3 is 4.90 Å². The van der Waals surface area contributed by atoms with Gasteiger partial charge in [0.05, 0.1) is 11.1 Å². The Balaban J connectivity index is 1.24. The molecule has 0 aliphatic rings. The maximum atomic E-state index is 10.0. The lowest BCUT2D eigenvalue weighted by molar-refractivity contribution is 1.29. The number of nitriles is 2. The van der Waals surface area contributed by atoms with Crippen LogP contribution >= 0.6 is 0 Å². The maximum absolute atomic E-state index is 10.0. The molecule has 7 rings (SSSR count). The highest BCUT2D eigenvalue weighted by molar-refractivity contribution is 6.13. The number of nitrogens with zero attached hydrogens (tertiary/aromatic N) is 3. The lowest BCUT2D eigenvalue weighted by Gasteiger charge is -2.26. The van der Waals surface area contributed by atoms with Crippen molar-refractivity contribution >= 4 is 61.5 Å². The van der Waals surface area contributed by atoms with E-state index in [0.717, 1.165) is 55.3 Å². The standard InChI is InChI=1S/C41H27N3/c1-28-11-21-36-37-22-16-30(24-39(37)41(27-43)40(26-42)38(36)23-28)13-12-29-14-18-34(19-15-29)44(33-9-3-2-4-10-33)35-20-17-31-7-5-6-8-32(31)25-35/h2-25H,1H3. The molecular weight excluding hydrogens is 534 g/mol. The molecule has 0 heterocycles. The normalized spacial score (nSPS) is 11.2. The van der Waals surface area contributed by atoms with E-state index in [9.17, 15) is 10.5 Å². The molecule has 206 valence electrons. The highest BCUT2D eigenvalue weighted by Gasteiger charge is 2.15. The van der Waals surface area contributed by atoms with Gasteiger partial charge in [-0.2, -0.15) is 10.5 Å². The number of anilines is 3. The molecule has 0 spiro atoms. The number of aryl methyl sites for hydroxylation is 1. The highest BCUT2D eigenvalue weighted by atomic mass is 15.1. The van der Waals surface area contributed by atoms with Crippen molar-refractivity contribution in [1.29, 1.82) is 10.5 Å². The van der Waals surface area contributed by atoms with Crippen LogP contribution in [0.15, 0.2) is 133 Å². The summed E-state index contributed by atoms with van der Waals surface area (Å²) >= 11 is 0. The first-order chi connectivity index (χ1) is 21.6. The lowest BCUT2D eigenvalue weighted by Crippen LogP contribution is -2.09. The fraction of sp³-hybridized carbons (Fsp3) is 0.0244. The molecule has 0 unspecified atom stereocenters. The van der Waals surface area contributed by atoms with Crippen LogP contribution < -0.4 is 4.90 Å². The first-order valence-corrected chi connectivity index (χ1v) is 14.6. The molecule has 0 aliphatic carbocycles. The number of benzene rings is 7. The van der Waals surface area contributed by atoms with E-state index in [1.165, 1.54) is 10.8 Å². The monoisotopic (exact) mass is 561 g/mol. The minimum Gasteiger partial charge on any atom is -0.310 e. The molecule has 7 aromatic carbocycles. The summed E-state index contributed by atoms with van der Waals surface area (Å²) in [6.07, 6.45) is 4.13. The molecule has 0 bridgehead atoms. The Morgan fingerprint density at radius 2 is 1.05 bits per heavy atom. The summed E-state index contributed by atoms with van der Waals surface area (Å²) in [7, 11) is 0. The predicted molar refractivity (Wildman–Crippen MR) is 183 cm³/mol. The first kappa shape index (κ1) is 26.7. The molecule has 0 atom stereocenters. The summed E-state index contributed by atoms with van der Waals surface area (Å²) in [5, 5.41) is 26.0. The maximum Gasteiger partial charge on any atom is 0.101 e. The molecule has 3 heteroatoms. The SMILES string of the molecule is Cc1ccc2c(c1)c(C#N)c(C#N)c1cc(C=Cc3ccc(N(c4ccccc4)c4ccc5ccccc5c4)cc3)ccc12. The number of fused-ring (bicyclic) bond motifs is 4. The van der Waals surface area contributed by atoms with E-state index in [2.05, 4.69) is 132 Å². The number of hydrogen-bond donors (Lipinski definition) is 0. The highest BCUT2D eigenvalue weighted by Crippen LogP contribution is 2.37. The van der Waals surface area contributed by atoms with Crippen LogP contribution in [0.25, 0.3) is 44.5 Å². The number of rotatable bonds is 5. The van der Waals surface area contributed by atoms with Gasteiger partial charge in [-0.3, -0.25) is 0 Å². The van der Waals surface area contributed by atoms with Gasteiger partial charge in [0.15, 0.2) is 0 Å². The van der Waals surface area contributed by atoms with Gasteiger partial charge in [0, 0.05) is 27.8 Å². The van der Waals surface area contributed by atoms with Crippen LogP contribution in [0.4, 0.5) is 17.1 Å². The third-order valence-electron chi connectivity index (χ3n) is 8.15. The van der Waals surface area contributed by atoms with Gasteiger partial charge in [-0.15, -0.1) is 0 Å². The van der Waals surface area contributed by atoms with E-state index < -0.39 is 0 Å². The van der Waals surface area contributed by atoms with E-state index in [4.69, 9.17) is 0 Å². The second-order valence-electron chi connectivity index (χ2n) is 11.0. The third-order valence-corrected chi connectivity index (χ3v) is 8.15. The van der Waals surface area contributed by atoms with Crippen molar-refractivity contribution < 1.29 is 0 Å². The Hall–Kier alpha value is -6.16. The first-order valence-electron chi connectivity index (χ1n) is 14.6. The molecule has 0 N–H and O–H groups in total. The van der Waals surface area contributed by atoms with Crippen molar-refractivity contribution in [3.63, 3.8) is 0 Å². The molecule has 0 aliphatic heterocycles. The molecule has 3 nitrogen and oxygen atoms in total. The van der Waals surface area contributed by atoms with Crippen LogP contribution in [-0.2, 0) is 0 Å². The second-order valence-corrected chi connectivity index (χ2v) is 11.0. The largest absolute Gasteiger partial charge is 0.310 e. The topological polar surface area (TPSA) is 50.8 Å². The smallest absolute Gasteiger partial charge is 0.101 e. The lowest BCUT2D eigenvalue weighted by atomic mass is 9.91. The van der Waals surface area contributed by atoms with Gasteiger partial charge in [0.2, 0.25) is 0 Å². The average molecular weight is 562 g/mol. The summed E-state index contributed by atoms with van der Waals surface area (Å²) < 4.78 is 0. The van der Waals surface area contributed by atoms with E-state index in [1.807, 2.05) is 37.3 Å². The number of hydrogen-bond acceptors (Lipinski definition) is 3. The second kappa shape index (κ2) is 11.3. The summed E-state index contributed by atoms with van der Waals surface area (Å²) in [6, 6.07) is 50.7. The Kier molecular flexibility index (Phi) is 6.84. The zero-order chi connectivity index (χ0) is 30.0. The molecule has 44 heavy (non-hydrogen) atoms. The molecule has 7 aromatic rings. The van der Waals surface area contributed by atoms with Crippen LogP contribution in [0.1, 0.15) is 27.8 Å². The molecule has 0 saturated heterocycles. The number of para-hydroxylation sites is 1. The van der Waals surface area contributed by atoms with Crippen LogP contribution in [0.2, 0.25) is 0 Å². The Morgan fingerprint density at radius 1 is 0.477 bits per heavy atom. The van der Waals surface area contributed by atoms with E-state index >= 15 is 0 Å². The van der Waals surface area contributed by atoms with Crippen LogP contribution in [0.5, 0.6) is 0 Å². The van der Waals surface area contributed by atoms with E-state index in [-0.39, 0.29) is 0 Å². The molecule has 0 radical (unpaired) electrons. The minimum atomic E-state index is 0.426. The van der Waals surface area contributed by atoms with Gasteiger partial charge in [-0.25, -0.2) is 0 Å². The summed E-state index contributed by atoms with van der Waals surface area (Å²) in [5.74, 6) is 0. The summed E-state index contributed by atoms with van der Waals surface area (Å²) in [5.41, 5.74) is 7.21. The predicted octanol–water partition coefficient (Wildman–Crippen LogP) is 10.8. The molecule has 0 amide bonds. The molecule has 0 saturated carbocycles. The fourth-order valence-electron chi connectivity index (χ4n) is 5.98. The Bertz CT molecular complexity index is 2300. The van der Waals surface area contributed by atoms with Crippen molar-refractivity contribution in [2.45, 2.75) is 6.92 Å². The molecule has 0 aromatic heterocycles. The minimum absolute atomic E-state index is 0.426. The molecule has 0 fully saturated rings. The van der Waals surface area contributed by atoms with Crippen molar-refractivity contribution in [1.82, 2.24) is 0 Å². The fourth-order valence-corrected chi connectivity index (χ4v) is 5.98. The van der Waals surface area contributed by atoms with Gasteiger partial charge in [0.25, 0.3) is 0 Å². The Morgan fingerprint density at radius 3 is 1.77 bits per heavy atom. The van der Waals surface area contributed by atoms with E-state index in [1.54, 1.807) is 0 Å². The van der Waals surface area contributed by atoms with E-state index in [0.29, 0.717) is 11.1 Å². The van der Waals surface area contributed by atoms with Crippen LogP contribution in [-0.4, -0.2) is 0 Å². The van der Waals surface area contributed by atoms with Gasteiger partial charge in [-0.1, -0.05) is 109 Å². The van der Waals surface area contributed by atoms with Crippen molar-refractivity contribution in [2.75, 3.05) is 4.90 Å². The van der Waals surface area contributed by atoms with Crippen LogP contribution in [0, 0.1) is 29.6 Å². The van der Waals surface area contributed by atoms with Gasteiger partial charge in [0.1, 0.15) is 12.1 Å². The Labute approximate surface area is 256 Å². The average Bonchev–Trinajstić information content (AvgIpc) is 3.07. The van der Waals surface area contributed by atoms with Gasteiger partial charge in [-0.05, 0) is 82.1 Å². The summed E-state index contributed by atoms with van der Waals surface area (Å²) in [4.78, 5) is 2.27. The van der Waals surface area contributed by atoms with Crippen molar-refractivity contribution in [2.24, 2.45) is 0 Å². The zero-order valence-corrected chi connectivity index (χ0v) is 24.2. The molecular formula is C41H27N3. The van der Waals surface area contributed by atoms with Crippen molar-refractivity contribution in [3.05, 3.63) is 161 Å². The van der Waals surface area contributed by atoms with Gasteiger partial charge >= 0.3 is 0 Å². The third kappa shape index (κ3) is 4.84. The van der Waals surface area contributed by atoms with Crippen LogP contribution in [0.3, 0.4) is 0 Å². The quantitative estimate of drug-likeness (QED) is 0.155. The van der Waals surface area contributed by atoms with Crippen molar-refractivity contribution in [3.8, 4) is 12.1 Å². The summed E-state index contributed by atoms with van der Waals surface area (Å²) in [6.45, 7) is 2.00.